The first-order chi connectivity index (χ1) is 8.91. The second kappa shape index (κ2) is 5.19. The summed E-state index contributed by atoms with van der Waals surface area (Å²) in [7, 11) is 5.72. The number of aromatic nitrogens is 3. The van der Waals surface area contributed by atoms with Crippen LogP contribution < -0.4 is 15.1 Å². The first-order valence-electron chi connectivity index (χ1n) is 6.77. The van der Waals surface area contributed by atoms with Crippen LogP contribution in [0.3, 0.4) is 0 Å². The van der Waals surface area contributed by atoms with Crippen LogP contribution >= 0.6 is 0 Å². The van der Waals surface area contributed by atoms with Gasteiger partial charge in [-0.1, -0.05) is 13.8 Å². The molecule has 6 nitrogen and oxygen atoms in total. The van der Waals surface area contributed by atoms with Crippen LogP contribution in [0.1, 0.15) is 26.7 Å². The molecule has 0 unspecified atom stereocenters. The van der Waals surface area contributed by atoms with Crippen LogP contribution in [0.15, 0.2) is 0 Å². The van der Waals surface area contributed by atoms with E-state index < -0.39 is 0 Å². The van der Waals surface area contributed by atoms with Crippen molar-refractivity contribution in [3.05, 3.63) is 0 Å². The highest BCUT2D eigenvalue weighted by atomic mass is 15.4. The van der Waals surface area contributed by atoms with Gasteiger partial charge < -0.3 is 15.1 Å². The third-order valence-electron chi connectivity index (χ3n) is 3.42. The average Bonchev–Trinajstić information content (AvgIpc) is 2.37. The molecule has 1 saturated heterocycles. The van der Waals surface area contributed by atoms with Crippen molar-refractivity contribution in [3.63, 3.8) is 0 Å². The Balaban J connectivity index is 2.30. The minimum Gasteiger partial charge on any atom is -0.357 e. The molecule has 106 valence electrons. The van der Waals surface area contributed by atoms with Crippen LogP contribution in [0.5, 0.6) is 0 Å². The predicted octanol–water partition coefficient (Wildman–Crippen LogP) is 1.61. The van der Waals surface area contributed by atoms with Gasteiger partial charge in [-0.15, -0.1) is 0 Å². The molecule has 1 fully saturated rings. The normalized spacial score (nSPS) is 18.3. The Labute approximate surface area is 115 Å². The minimum absolute atomic E-state index is 0.322. The fourth-order valence-electron chi connectivity index (χ4n) is 2.40. The molecule has 0 saturated carbocycles. The maximum absolute atomic E-state index is 4.56. The quantitative estimate of drug-likeness (QED) is 0.895. The predicted molar refractivity (Wildman–Crippen MR) is 78.9 cm³/mol. The second-order valence-electron chi connectivity index (χ2n) is 6.09. The lowest BCUT2D eigenvalue weighted by Crippen LogP contribution is -2.41. The Bertz CT molecular complexity index is 443. The molecule has 0 radical (unpaired) electrons. The van der Waals surface area contributed by atoms with E-state index >= 15 is 0 Å². The summed E-state index contributed by atoms with van der Waals surface area (Å²) in [6.45, 7) is 6.61. The van der Waals surface area contributed by atoms with E-state index in [4.69, 9.17) is 0 Å². The summed E-state index contributed by atoms with van der Waals surface area (Å²) >= 11 is 0. The maximum atomic E-state index is 4.56. The van der Waals surface area contributed by atoms with E-state index in [0.717, 1.165) is 19.0 Å². The molecule has 0 atom stereocenters. The third kappa shape index (κ3) is 3.24. The third-order valence-corrected chi connectivity index (χ3v) is 3.42. The van der Waals surface area contributed by atoms with Crippen molar-refractivity contribution in [3.8, 4) is 0 Å². The maximum Gasteiger partial charge on any atom is 0.231 e. The summed E-state index contributed by atoms with van der Waals surface area (Å²) in [5.74, 6) is 2.09. The molecule has 1 N–H and O–H groups in total. The molecule has 0 amide bonds. The van der Waals surface area contributed by atoms with Crippen LogP contribution in [-0.2, 0) is 0 Å². The van der Waals surface area contributed by atoms with Crippen LogP contribution in [0.25, 0.3) is 0 Å². The van der Waals surface area contributed by atoms with Crippen molar-refractivity contribution < 1.29 is 0 Å². The van der Waals surface area contributed by atoms with Crippen molar-refractivity contribution in [2.24, 2.45) is 5.41 Å². The standard InChI is InChI=1S/C13H24N6/c1-13(2)7-6-8-19(9-13)12-16-10(14-3)15-11(17-12)18(4)5/h6-9H2,1-5H3,(H,14,15,16,17). The highest BCUT2D eigenvalue weighted by molar-refractivity contribution is 5.44. The van der Waals surface area contributed by atoms with Crippen LogP contribution in [0.2, 0.25) is 0 Å². The van der Waals surface area contributed by atoms with E-state index in [1.165, 1.54) is 12.8 Å². The van der Waals surface area contributed by atoms with Crippen molar-refractivity contribution in [2.75, 3.05) is 49.3 Å². The zero-order chi connectivity index (χ0) is 14.0. The van der Waals surface area contributed by atoms with Gasteiger partial charge in [-0.2, -0.15) is 15.0 Å². The lowest BCUT2D eigenvalue weighted by atomic mass is 9.84. The number of anilines is 3. The second-order valence-corrected chi connectivity index (χ2v) is 6.09. The molecule has 19 heavy (non-hydrogen) atoms. The topological polar surface area (TPSA) is 57.2 Å². The molecule has 1 aromatic heterocycles. The van der Waals surface area contributed by atoms with Gasteiger partial charge in [0, 0.05) is 34.2 Å². The number of piperidine rings is 1. The SMILES string of the molecule is CNc1nc(N(C)C)nc(N2CCCC(C)(C)C2)n1. The molecule has 2 rings (SSSR count). The molecule has 2 heterocycles. The van der Waals surface area contributed by atoms with Crippen molar-refractivity contribution in [2.45, 2.75) is 26.7 Å². The Morgan fingerprint density at radius 1 is 1.21 bits per heavy atom. The lowest BCUT2D eigenvalue weighted by Gasteiger charge is -2.38. The van der Waals surface area contributed by atoms with Gasteiger partial charge in [0.05, 0.1) is 0 Å². The monoisotopic (exact) mass is 264 g/mol. The van der Waals surface area contributed by atoms with Crippen LogP contribution in [0.4, 0.5) is 17.8 Å². The van der Waals surface area contributed by atoms with E-state index in [2.05, 4.69) is 39.0 Å². The number of rotatable bonds is 3. The van der Waals surface area contributed by atoms with Gasteiger partial charge in [0.1, 0.15) is 0 Å². The molecule has 0 aliphatic carbocycles. The van der Waals surface area contributed by atoms with E-state index in [0.29, 0.717) is 17.3 Å². The van der Waals surface area contributed by atoms with E-state index in [1.807, 2.05) is 26.0 Å². The van der Waals surface area contributed by atoms with Crippen molar-refractivity contribution in [1.82, 2.24) is 15.0 Å². The first kappa shape index (κ1) is 13.8. The summed E-state index contributed by atoms with van der Waals surface area (Å²) in [5.41, 5.74) is 0.322. The van der Waals surface area contributed by atoms with Crippen LogP contribution in [-0.4, -0.2) is 49.2 Å². The number of hydrogen-bond acceptors (Lipinski definition) is 6. The summed E-state index contributed by atoms with van der Waals surface area (Å²) in [6.07, 6.45) is 2.44. The average molecular weight is 264 g/mol. The Hall–Kier alpha value is -1.59. The largest absolute Gasteiger partial charge is 0.357 e. The Morgan fingerprint density at radius 3 is 2.53 bits per heavy atom. The summed E-state index contributed by atoms with van der Waals surface area (Å²) in [4.78, 5) is 17.6. The molecular weight excluding hydrogens is 240 g/mol. The van der Waals surface area contributed by atoms with Crippen LogP contribution in [0, 0.1) is 5.41 Å². The lowest BCUT2D eigenvalue weighted by molar-refractivity contribution is 0.291. The minimum atomic E-state index is 0.322. The Morgan fingerprint density at radius 2 is 1.95 bits per heavy atom. The fourth-order valence-corrected chi connectivity index (χ4v) is 2.40. The summed E-state index contributed by atoms with van der Waals surface area (Å²) in [6, 6.07) is 0. The Kier molecular flexibility index (Phi) is 3.78. The van der Waals surface area contributed by atoms with E-state index in [9.17, 15) is 0 Å². The molecule has 0 aromatic carbocycles. The van der Waals surface area contributed by atoms with Gasteiger partial charge >= 0.3 is 0 Å². The van der Waals surface area contributed by atoms with Crippen molar-refractivity contribution >= 4 is 17.8 Å². The summed E-state index contributed by atoms with van der Waals surface area (Å²) in [5, 5.41) is 3.01. The molecular formula is C13H24N6. The van der Waals surface area contributed by atoms with Crippen molar-refractivity contribution in [1.29, 1.82) is 0 Å². The molecule has 0 bridgehead atoms. The number of hydrogen-bond donors (Lipinski definition) is 1. The van der Waals surface area contributed by atoms with Gasteiger partial charge in [-0.25, -0.2) is 0 Å². The first-order valence-corrected chi connectivity index (χ1v) is 6.77. The fraction of sp³-hybridized carbons (Fsp3) is 0.769. The molecule has 0 spiro atoms. The van der Waals surface area contributed by atoms with Gasteiger partial charge in [-0.05, 0) is 18.3 Å². The highest BCUT2D eigenvalue weighted by Gasteiger charge is 2.28. The zero-order valence-corrected chi connectivity index (χ0v) is 12.6. The van der Waals surface area contributed by atoms with Gasteiger partial charge in [0.25, 0.3) is 0 Å². The van der Waals surface area contributed by atoms with E-state index in [1.54, 1.807) is 0 Å². The smallest absolute Gasteiger partial charge is 0.231 e. The molecule has 1 aromatic rings. The van der Waals surface area contributed by atoms with E-state index in [-0.39, 0.29) is 0 Å². The highest BCUT2D eigenvalue weighted by Crippen LogP contribution is 2.30. The van der Waals surface area contributed by atoms with Gasteiger partial charge in [-0.3, -0.25) is 0 Å². The zero-order valence-electron chi connectivity index (χ0n) is 12.6. The number of nitrogens with zero attached hydrogens (tertiary/aromatic N) is 5. The molecule has 1 aliphatic rings. The number of nitrogens with one attached hydrogen (secondary N) is 1. The summed E-state index contributed by atoms with van der Waals surface area (Å²) < 4.78 is 0. The van der Waals surface area contributed by atoms with Gasteiger partial charge in [0.15, 0.2) is 0 Å². The molecule has 6 heteroatoms. The molecule has 1 aliphatic heterocycles. The van der Waals surface area contributed by atoms with Gasteiger partial charge in [0.2, 0.25) is 17.8 Å².